The molecule has 178 valence electrons. The van der Waals surface area contributed by atoms with Crippen LogP contribution in [0.5, 0.6) is 0 Å². The Labute approximate surface area is 202 Å². The van der Waals surface area contributed by atoms with Crippen molar-refractivity contribution in [1.82, 2.24) is 14.8 Å². The summed E-state index contributed by atoms with van der Waals surface area (Å²) in [6, 6.07) is 20.8. The largest absolute Gasteiger partial charge is 0.444 e. The fraction of sp³-hybridized carbons (Fsp3) is 0.357. The predicted molar refractivity (Wildman–Crippen MR) is 137 cm³/mol. The van der Waals surface area contributed by atoms with Crippen molar-refractivity contribution in [2.45, 2.75) is 39.5 Å². The lowest BCUT2D eigenvalue weighted by Gasteiger charge is -2.34. The third-order valence-corrected chi connectivity index (χ3v) is 5.84. The standard InChI is InChI=1S/C28H34N4O2/c1-28(2,3)34-27(33)30-26-10-8-25(9-11-26)24-6-4-22(5-7-24)20-31-16-18-32(19-17-31)21-23-12-14-29-15-13-23/h4-15H,16-21H2,1-3H3,(H,30,33). The fourth-order valence-corrected chi connectivity index (χ4v) is 4.08. The molecule has 2 heterocycles. The summed E-state index contributed by atoms with van der Waals surface area (Å²) in [4.78, 5) is 21.1. The second kappa shape index (κ2) is 10.8. The number of nitrogens with one attached hydrogen (secondary N) is 1. The van der Waals surface area contributed by atoms with Gasteiger partial charge in [0.05, 0.1) is 0 Å². The highest BCUT2D eigenvalue weighted by molar-refractivity contribution is 5.85. The molecule has 0 bridgehead atoms. The molecule has 0 unspecified atom stereocenters. The van der Waals surface area contributed by atoms with Gasteiger partial charge in [0.2, 0.25) is 0 Å². The third kappa shape index (κ3) is 7.14. The Morgan fingerprint density at radius 1 is 0.794 bits per heavy atom. The molecule has 0 radical (unpaired) electrons. The molecule has 0 spiro atoms. The zero-order chi connectivity index (χ0) is 24.0. The Bertz CT molecular complexity index is 1050. The molecule has 34 heavy (non-hydrogen) atoms. The summed E-state index contributed by atoms with van der Waals surface area (Å²) in [6.45, 7) is 11.9. The maximum absolute atomic E-state index is 11.9. The quantitative estimate of drug-likeness (QED) is 0.535. The number of benzene rings is 2. The molecule has 0 aliphatic carbocycles. The fourth-order valence-electron chi connectivity index (χ4n) is 4.08. The van der Waals surface area contributed by atoms with E-state index < -0.39 is 11.7 Å². The summed E-state index contributed by atoms with van der Waals surface area (Å²) in [5.41, 5.74) is 5.14. The van der Waals surface area contributed by atoms with E-state index in [1.54, 1.807) is 0 Å². The molecule has 2 aromatic carbocycles. The van der Waals surface area contributed by atoms with E-state index in [0.717, 1.165) is 56.1 Å². The van der Waals surface area contributed by atoms with Crippen LogP contribution in [0.15, 0.2) is 73.1 Å². The van der Waals surface area contributed by atoms with E-state index in [0.29, 0.717) is 0 Å². The van der Waals surface area contributed by atoms with E-state index in [2.05, 4.69) is 56.5 Å². The van der Waals surface area contributed by atoms with Crippen molar-refractivity contribution in [2.75, 3.05) is 31.5 Å². The molecule has 1 amide bonds. The average molecular weight is 459 g/mol. The molecule has 1 N–H and O–H groups in total. The lowest BCUT2D eigenvalue weighted by atomic mass is 10.0. The number of aromatic nitrogens is 1. The van der Waals surface area contributed by atoms with Gasteiger partial charge in [0, 0.05) is 57.3 Å². The van der Waals surface area contributed by atoms with Crippen LogP contribution in [0.4, 0.5) is 10.5 Å². The second-order valence-corrected chi connectivity index (χ2v) is 9.81. The summed E-state index contributed by atoms with van der Waals surface area (Å²) in [5, 5.41) is 2.78. The van der Waals surface area contributed by atoms with E-state index in [9.17, 15) is 4.79 Å². The number of amides is 1. The Hall–Kier alpha value is -3.22. The summed E-state index contributed by atoms with van der Waals surface area (Å²) in [6.07, 6.45) is 3.29. The molecule has 3 aromatic rings. The third-order valence-electron chi connectivity index (χ3n) is 5.84. The lowest BCUT2D eigenvalue weighted by molar-refractivity contribution is 0.0636. The smallest absolute Gasteiger partial charge is 0.412 e. The average Bonchev–Trinajstić information content (AvgIpc) is 2.81. The number of hydrogen-bond acceptors (Lipinski definition) is 5. The molecule has 1 fully saturated rings. The van der Waals surface area contributed by atoms with E-state index in [1.807, 2.05) is 57.4 Å². The molecular weight excluding hydrogens is 424 g/mol. The zero-order valence-corrected chi connectivity index (χ0v) is 20.3. The van der Waals surface area contributed by atoms with Crippen LogP contribution in [0.2, 0.25) is 0 Å². The van der Waals surface area contributed by atoms with Gasteiger partial charge in [-0.15, -0.1) is 0 Å². The van der Waals surface area contributed by atoms with Gasteiger partial charge in [-0.2, -0.15) is 0 Å². The van der Waals surface area contributed by atoms with Gasteiger partial charge >= 0.3 is 6.09 Å². The molecule has 6 nitrogen and oxygen atoms in total. The Morgan fingerprint density at radius 3 is 1.76 bits per heavy atom. The number of rotatable bonds is 6. The summed E-state index contributed by atoms with van der Waals surface area (Å²) in [7, 11) is 0. The van der Waals surface area contributed by atoms with E-state index in [1.165, 1.54) is 11.1 Å². The normalized spacial score (nSPS) is 15.1. The minimum Gasteiger partial charge on any atom is -0.444 e. The van der Waals surface area contributed by atoms with Gasteiger partial charge < -0.3 is 4.74 Å². The minimum absolute atomic E-state index is 0.442. The van der Waals surface area contributed by atoms with E-state index >= 15 is 0 Å². The monoisotopic (exact) mass is 458 g/mol. The zero-order valence-electron chi connectivity index (χ0n) is 20.3. The van der Waals surface area contributed by atoms with Crippen molar-refractivity contribution in [1.29, 1.82) is 0 Å². The number of carbonyl (C=O) groups excluding carboxylic acids is 1. The predicted octanol–water partition coefficient (Wildman–Crippen LogP) is 5.41. The Balaban J connectivity index is 1.26. The van der Waals surface area contributed by atoms with Crippen molar-refractivity contribution in [2.24, 2.45) is 0 Å². The van der Waals surface area contributed by atoms with Crippen LogP contribution in [0.3, 0.4) is 0 Å². The van der Waals surface area contributed by atoms with Gasteiger partial charge in [-0.1, -0.05) is 36.4 Å². The molecule has 6 heteroatoms. The molecule has 4 rings (SSSR count). The van der Waals surface area contributed by atoms with Crippen LogP contribution in [0.1, 0.15) is 31.9 Å². The highest BCUT2D eigenvalue weighted by Crippen LogP contribution is 2.23. The van der Waals surface area contributed by atoms with Gasteiger partial charge in [0.1, 0.15) is 5.60 Å². The van der Waals surface area contributed by atoms with Gasteiger partial charge in [-0.25, -0.2) is 4.79 Å². The van der Waals surface area contributed by atoms with Crippen LogP contribution in [0, 0.1) is 0 Å². The molecule has 1 saturated heterocycles. The molecular formula is C28H34N4O2. The summed E-state index contributed by atoms with van der Waals surface area (Å²) >= 11 is 0. The van der Waals surface area contributed by atoms with Crippen molar-refractivity contribution in [3.63, 3.8) is 0 Å². The van der Waals surface area contributed by atoms with Crippen molar-refractivity contribution in [3.05, 3.63) is 84.2 Å². The molecule has 0 atom stereocenters. The van der Waals surface area contributed by atoms with E-state index in [-0.39, 0.29) is 0 Å². The minimum atomic E-state index is -0.514. The van der Waals surface area contributed by atoms with Crippen molar-refractivity contribution >= 4 is 11.8 Å². The van der Waals surface area contributed by atoms with Gasteiger partial charge in [-0.3, -0.25) is 20.1 Å². The van der Waals surface area contributed by atoms with Crippen molar-refractivity contribution in [3.8, 4) is 11.1 Å². The topological polar surface area (TPSA) is 57.7 Å². The van der Waals surface area contributed by atoms with Gasteiger partial charge in [-0.05, 0) is 67.3 Å². The lowest BCUT2D eigenvalue weighted by Crippen LogP contribution is -2.45. The highest BCUT2D eigenvalue weighted by atomic mass is 16.6. The molecule has 0 saturated carbocycles. The number of ether oxygens (including phenoxy) is 1. The molecule has 1 aromatic heterocycles. The first-order valence-corrected chi connectivity index (χ1v) is 11.9. The van der Waals surface area contributed by atoms with Gasteiger partial charge in [0.25, 0.3) is 0 Å². The Kier molecular flexibility index (Phi) is 7.60. The number of pyridine rings is 1. The number of anilines is 1. The first-order chi connectivity index (χ1) is 16.3. The second-order valence-electron chi connectivity index (χ2n) is 9.81. The van der Waals surface area contributed by atoms with Crippen LogP contribution in [-0.2, 0) is 17.8 Å². The van der Waals surface area contributed by atoms with Crippen LogP contribution in [-0.4, -0.2) is 52.7 Å². The van der Waals surface area contributed by atoms with Gasteiger partial charge in [0.15, 0.2) is 0 Å². The highest BCUT2D eigenvalue weighted by Gasteiger charge is 2.18. The SMILES string of the molecule is CC(C)(C)OC(=O)Nc1ccc(-c2ccc(CN3CCN(Cc4ccncc4)CC3)cc2)cc1. The maximum atomic E-state index is 11.9. The summed E-state index contributed by atoms with van der Waals surface area (Å²) < 4.78 is 5.31. The van der Waals surface area contributed by atoms with Crippen LogP contribution >= 0.6 is 0 Å². The number of piperazine rings is 1. The number of carbonyl (C=O) groups is 1. The summed E-state index contributed by atoms with van der Waals surface area (Å²) in [5.74, 6) is 0. The maximum Gasteiger partial charge on any atom is 0.412 e. The molecule has 1 aliphatic heterocycles. The number of nitrogens with zero attached hydrogens (tertiary/aromatic N) is 3. The van der Waals surface area contributed by atoms with Crippen molar-refractivity contribution < 1.29 is 9.53 Å². The first-order valence-electron chi connectivity index (χ1n) is 11.9. The first kappa shape index (κ1) is 23.9. The molecule has 1 aliphatic rings. The van der Waals surface area contributed by atoms with Crippen LogP contribution < -0.4 is 5.32 Å². The Morgan fingerprint density at radius 2 is 1.26 bits per heavy atom. The number of hydrogen-bond donors (Lipinski definition) is 1. The van der Waals surface area contributed by atoms with Crippen LogP contribution in [0.25, 0.3) is 11.1 Å². The van der Waals surface area contributed by atoms with E-state index in [4.69, 9.17) is 4.74 Å².